The van der Waals surface area contributed by atoms with Gasteiger partial charge in [-0.1, -0.05) is 0 Å². The molecule has 0 spiro atoms. The number of nitrogens with one attached hydrogen (secondary N) is 1. The summed E-state index contributed by atoms with van der Waals surface area (Å²) in [4.78, 5) is 33.1. The molecule has 8 nitrogen and oxygen atoms in total. The smallest absolute Gasteiger partial charge is 0.323 e. The molecule has 0 aromatic carbocycles. The fourth-order valence-corrected chi connectivity index (χ4v) is 2.46. The molecule has 0 saturated heterocycles. The number of carbonyl (C=O) groups excluding carboxylic acids is 1. The van der Waals surface area contributed by atoms with Crippen LogP contribution in [0.4, 0.5) is 5.82 Å². The Labute approximate surface area is 114 Å². The molecule has 0 unspecified atom stereocenters. The van der Waals surface area contributed by atoms with Gasteiger partial charge in [-0.25, -0.2) is 4.57 Å². The number of nitrogens with zero attached hydrogens (tertiary/aromatic N) is 2. The maximum Gasteiger partial charge on any atom is 0.323 e. The Kier molecular flexibility index (Phi) is 3.47. The third-order valence-electron chi connectivity index (χ3n) is 3.69. The molecule has 1 saturated carbocycles. The molecule has 20 heavy (non-hydrogen) atoms. The van der Waals surface area contributed by atoms with Crippen LogP contribution in [0.25, 0.3) is 0 Å². The fourth-order valence-electron chi connectivity index (χ4n) is 2.46. The standard InChI is InChI=1S/C12H15N3O5/c1-14-8(3-4-9(14)15(19)20)11(18)13-12(5-2-6-12)7-10(16)17/h3-4H,2,5-7H2,1H3,(H,13,18)(H,16,17). The highest BCUT2D eigenvalue weighted by Gasteiger charge is 2.41. The summed E-state index contributed by atoms with van der Waals surface area (Å²) in [7, 11) is 1.43. The van der Waals surface area contributed by atoms with Gasteiger partial charge >= 0.3 is 11.8 Å². The van der Waals surface area contributed by atoms with Crippen molar-refractivity contribution in [2.24, 2.45) is 7.05 Å². The van der Waals surface area contributed by atoms with Crippen LogP contribution < -0.4 is 5.32 Å². The minimum absolute atomic E-state index is 0.134. The number of rotatable bonds is 5. The maximum atomic E-state index is 12.1. The van der Waals surface area contributed by atoms with E-state index in [0.29, 0.717) is 12.8 Å². The van der Waals surface area contributed by atoms with Gasteiger partial charge in [0.15, 0.2) is 5.69 Å². The number of carboxylic acid groups (broad SMARTS) is 1. The zero-order valence-corrected chi connectivity index (χ0v) is 11.0. The van der Waals surface area contributed by atoms with E-state index >= 15 is 0 Å². The second kappa shape index (κ2) is 4.95. The molecule has 8 heteroatoms. The molecular formula is C12H15N3O5. The molecule has 1 aliphatic rings. The van der Waals surface area contributed by atoms with Gasteiger partial charge in [0.1, 0.15) is 0 Å². The topological polar surface area (TPSA) is 114 Å². The lowest BCUT2D eigenvalue weighted by Crippen LogP contribution is -2.54. The van der Waals surface area contributed by atoms with Gasteiger partial charge in [0.05, 0.1) is 19.0 Å². The van der Waals surface area contributed by atoms with Gasteiger partial charge < -0.3 is 20.5 Å². The summed E-state index contributed by atoms with van der Waals surface area (Å²) >= 11 is 0. The summed E-state index contributed by atoms with van der Waals surface area (Å²) in [5.41, 5.74) is -0.574. The van der Waals surface area contributed by atoms with Crippen molar-refractivity contribution in [3.8, 4) is 0 Å². The Morgan fingerprint density at radius 3 is 2.55 bits per heavy atom. The van der Waals surface area contributed by atoms with Crippen molar-refractivity contribution in [2.75, 3.05) is 0 Å². The second-order valence-electron chi connectivity index (χ2n) is 5.05. The molecule has 2 N–H and O–H groups in total. The summed E-state index contributed by atoms with van der Waals surface area (Å²) in [5.74, 6) is -1.64. The lowest BCUT2D eigenvalue weighted by atomic mass is 9.74. The number of amides is 1. The summed E-state index contributed by atoms with van der Waals surface area (Å²) in [6.45, 7) is 0. The molecule has 1 heterocycles. The molecular weight excluding hydrogens is 266 g/mol. The molecule has 0 bridgehead atoms. The number of carboxylic acids is 1. The van der Waals surface area contributed by atoms with E-state index in [9.17, 15) is 19.7 Å². The lowest BCUT2D eigenvalue weighted by Gasteiger charge is -2.41. The second-order valence-corrected chi connectivity index (χ2v) is 5.05. The summed E-state index contributed by atoms with van der Waals surface area (Å²) in [6.07, 6.45) is 1.95. The average Bonchev–Trinajstić information content (AvgIpc) is 2.67. The van der Waals surface area contributed by atoms with E-state index in [0.717, 1.165) is 6.42 Å². The first-order valence-corrected chi connectivity index (χ1v) is 6.19. The largest absolute Gasteiger partial charge is 0.481 e. The first kappa shape index (κ1) is 14.0. The van der Waals surface area contributed by atoms with E-state index in [2.05, 4.69) is 5.32 Å². The predicted octanol–water partition coefficient (Wildman–Crippen LogP) is 1.06. The number of aromatic nitrogens is 1. The van der Waals surface area contributed by atoms with E-state index in [4.69, 9.17) is 5.11 Å². The Morgan fingerprint density at radius 1 is 1.50 bits per heavy atom. The predicted molar refractivity (Wildman–Crippen MR) is 68.4 cm³/mol. The van der Waals surface area contributed by atoms with Crippen molar-refractivity contribution in [1.29, 1.82) is 0 Å². The van der Waals surface area contributed by atoms with Gasteiger partial charge in [-0.2, -0.15) is 0 Å². The van der Waals surface area contributed by atoms with Gasteiger partial charge in [0.2, 0.25) is 0 Å². The van der Waals surface area contributed by atoms with Crippen molar-refractivity contribution < 1.29 is 19.6 Å². The lowest BCUT2D eigenvalue weighted by molar-refractivity contribution is -0.391. The van der Waals surface area contributed by atoms with Crippen molar-refractivity contribution in [3.63, 3.8) is 0 Å². The highest BCUT2D eigenvalue weighted by atomic mass is 16.6. The number of nitro groups is 1. The van der Waals surface area contributed by atoms with E-state index in [1.807, 2.05) is 0 Å². The van der Waals surface area contributed by atoms with Gasteiger partial charge in [-0.3, -0.25) is 9.59 Å². The van der Waals surface area contributed by atoms with E-state index in [-0.39, 0.29) is 17.9 Å². The highest BCUT2D eigenvalue weighted by molar-refractivity contribution is 5.94. The van der Waals surface area contributed by atoms with Crippen LogP contribution in [0.2, 0.25) is 0 Å². The molecule has 0 atom stereocenters. The summed E-state index contributed by atoms with van der Waals surface area (Å²) in [5, 5.41) is 22.3. The minimum Gasteiger partial charge on any atom is -0.481 e. The molecule has 1 aromatic heterocycles. The van der Waals surface area contributed by atoms with Crippen LogP contribution in [0.3, 0.4) is 0 Å². The molecule has 0 radical (unpaired) electrons. The Balaban J connectivity index is 2.16. The SMILES string of the molecule is Cn1c(C(=O)NC2(CC(=O)O)CCC2)ccc1[N+](=O)[O-]. The van der Waals surface area contributed by atoms with Crippen LogP contribution in [0.15, 0.2) is 12.1 Å². The quantitative estimate of drug-likeness (QED) is 0.618. The molecule has 1 amide bonds. The fraction of sp³-hybridized carbons (Fsp3) is 0.500. The first-order valence-electron chi connectivity index (χ1n) is 6.19. The zero-order chi connectivity index (χ0) is 14.9. The molecule has 1 aromatic rings. The van der Waals surface area contributed by atoms with Gasteiger partial charge in [0.25, 0.3) is 5.91 Å². The highest BCUT2D eigenvalue weighted by Crippen LogP contribution is 2.35. The van der Waals surface area contributed by atoms with Crippen LogP contribution in [0.1, 0.15) is 36.2 Å². The molecule has 1 aliphatic carbocycles. The third-order valence-corrected chi connectivity index (χ3v) is 3.69. The van der Waals surface area contributed by atoms with Crippen molar-refractivity contribution in [1.82, 2.24) is 9.88 Å². The van der Waals surface area contributed by atoms with Gasteiger partial charge in [-0.05, 0) is 30.3 Å². The van der Waals surface area contributed by atoms with Crippen LogP contribution >= 0.6 is 0 Å². The molecule has 108 valence electrons. The summed E-state index contributed by atoms with van der Waals surface area (Å²) < 4.78 is 1.18. The summed E-state index contributed by atoms with van der Waals surface area (Å²) in [6, 6.07) is 2.61. The molecule has 2 rings (SSSR count). The maximum absolute atomic E-state index is 12.1. The third kappa shape index (κ3) is 2.49. The van der Waals surface area contributed by atoms with Crippen molar-refractivity contribution in [2.45, 2.75) is 31.2 Å². The normalized spacial score (nSPS) is 16.2. The Hall–Kier alpha value is -2.38. The van der Waals surface area contributed by atoms with Crippen LogP contribution in [-0.2, 0) is 11.8 Å². The number of aliphatic carboxylic acids is 1. The Bertz CT molecular complexity index is 574. The molecule has 1 fully saturated rings. The van der Waals surface area contributed by atoms with Gasteiger partial charge in [0, 0.05) is 6.07 Å². The minimum atomic E-state index is -0.970. The number of hydrogen-bond acceptors (Lipinski definition) is 4. The Morgan fingerprint density at radius 2 is 2.15 bits per heavy atom. The van der Waals surface area contributed by atoms with Crippen molar-refractivity contribution >= 4 is 17.7 Å². The number of carbonyl (C=O) groups is 2. The van der Waals surface area contributed by atoms with Crippen LogP contribution in [-0.4, -0.2) is 32.0 Å². The number of hydrogen-bond donors (Lipinski definition) is 2. The van der Waals surface area contributed by atoms with E-state index in [1.165, 1.54) is 23.7 Å². The van der Waals surface area contributed by atoms with Crippen LogP contribution in [0, 0.1) is 10.1 Å². The first-order chi connectivity index (χ1) is 9.34. The average molecular weight is 281 g/mol. The van der Waals surface area contributed by atoms with Crippen molar-refractivity contribution in [3.05, 3.63) is 27.9 Å². The van der Waals surface area contributed by atoms with E-state index < -0.39 is 22.3 Å². The van der Waals surface area contributed by atoms with E-state index in [1.54, 1.807) is 0 Å². The monoisotopic (exact) mass is 281 g/mol. The molecule has 0 aliphatic heterocycles. The van der Waals surface area contributed by atoms with Gasteiger partial charge in [-0.15, -0.1) is 0 Å². The zero-order valence-electron chi connectivity index (χ0n) is 11.0. The van der Waals surface area contributed by atoms with Crippen LogP contribution in [0.5, 0.6) is 0 Å².